The van der Waals surface area contributed by atoms with Gasteiger partial charge in [-0.2, -0.15) is 0 Å². The normalized spacial score (nSPS) is 19.3. The van der Waals surface area contributed by atoms with Crippen molar-refractivity contribution in [3.05, 3.63) is 17.8 Å². The second-order valence-corrected chi connectivity index (χ2v) is 4.17. The van der Waals surface area contributed by atoms with E-state index in [4.69, 9.17) is 10.5 Å². The molecule has 0 spiro atoms. The maximum Gasteiger partial charge on any atom is 0.340 e. The van der Waals surface area contributed by atoms with E-state index in [1.807, 2.05) is 0 Å². The van der Waals surface area contributed by atoms with Crippen LogP contribution >= 0.6 is 0 Å². The molecule has 18 heavy (non-hydrogen) atoms. The molecule has 6 nitrogen and oxygen atoms in total. The second kappa shape index (κ2) is 5.68. The van der Waals surface area contributed by atoms with Gasteiger partial charge in [-0.25, -0.2) is 9.78 Å². The van der Waals surface area contributed by atoms with Crippen LogP contribution in [0.1, 0.15) is 23.2 Å². The first-order valence-corrected chi connectivity index (χ1v) is 5.89. The van der Waals surface area contributed by atoms with Crippen molar-refractivity contribution in [1.29, 1.82) is 0 Å². The standard InChI is InChI=1S/C12H17N3O3/c1-17-12(16)9-4-5-14-11(10(9)13)15-8-3-2-6-18-7-8/h4-5,8H,2-3,6-7,13H2,1H3,(H,14,15). The number of nitrogens with zero attached hydrogens (tertiary/aromatic N) is 1. The fraction of sp³-hybridized carbons (Fsp3) is 0.500. The van der Waals surface area contributed by atoms with Crippen LogP contribution < -0.4 is 11.1 Å². The lowest BCUT2D eigenvalue weighted by Gasteiger charge is -2.24. The minimum Gasteiger partial charge on any atom is -0.465 e. The number of ether oxygens (including phenoxy) is 2. The van der Waals surface area contributed by atoms with Gasteiger partial charge in [-0.15, -0.1) is 0 Å². The third-order valence-electron chi connectivity index (χ3n) is 2.90. The number of methoxy groups -OCH3 is 1. The molecule has 3 N–H and O–H groups in total. The lowest BCUT2D eigenvalue weighted by atomic mass is 10.1. The molecule has 0 amide bonds. The van der Waals surface area contributed by atoms with E-state index in [2.05, 4.69) is 15.0 Å². The number of nitrogen functional groups attached to an aromatic ring is 1. The Labute approximate surface area is 105 Å². The van der Waals surface area contributed by atoms with Crippen LogP contribution in [0, 0.1) is 0 Å². The van der Waals surface area contributed by atoms with Crippen molar-refractivity contribution in [2.45, 2.75) is 18.9 Å². The molecule has 6 heteroatoms. The maximum atomic E-state index is 11.5. The summed E-state index contributed by atoms with van der Waals surface area (Å²) in [5, 5.41) is 3.20. The van der Waals surface area contributed by atoms with Gasteiger partial charge in [0.1, 0.15) is 5.82 Å². The maximum absolute atomic E-state index is 11.5. The minimum atomic E-state index is -0.460. The van der Waals surface area contributed by atoms with Crippen LogP contribution in [0.5, 0.6) is 0 Å². The molecule has 1 unspecified atom stereocenters. The fourth-order valence-electron chi connectivity index (χ4n) is 1.92. The number of anilines is 2. The molecular formula is C12H17N3O3. The first-order chi connectivity index (χ1) is 8.72. The highest BCUT2D eigenvalue weighted by Gasteiger charge is 2.18. The second-order valence-electron chi connectivity index (χ2n) is 4.17. The first kappa shape index (κ1) is 12.6. The summed E-state index contributed by atoms with van der Waals surface area (Å²) in [7, 11) is 1.32. The lowest BCUT2D eigenvalue weighted by Crippen LogP contribution is -2.30. The van der Waals surface area contributed by atoms with Gasteiger partial charge in [0.25, 0.3) is 0 Å². The molecule has 0 radical (unpaired) electrons. The van der Waals surface area contributed by atoms with Crippen molar-refractivity contribution < 1.29 is 14.3 Å². The van der Waals surface area contributed by atoms with Crippen LogP contribution in [0.2, 0.25) is 0 Å². The Bertz CT molecular complexity index is 431. The van der Waals surface area contributed by atoms with E-state index in [0.717, 1.165) is 19.4 Å². The molecule has 1 aromatic heterocycles. The van der Waals surface area contributed by atoms with Crippen LogP contribution in [-0.2, 0) is 9.47 Å². The minimum absolute atomic E-state index is 0.182. The molecule has 1 aliphatic rings. The monoisotopic (exact) mass is 251 g/mol. The molecular weight excluding hydrogens is 234 g/mol. The molecule has 0 saturated carbocycles. The number of esters is 1. The van der Waals surface area contributed by atoms with Gasteiger partial charge in [0.15, 0.2) is 0 Å². The molecule has 0 bridgehead atoms. The number of nitrogens with one attached hydrogen (secondary N) is 1. The summed E-state index contributed by atoms with van der Waals surface area (Å²) in [5.74, 6) is 0.0474. The van der Waals surface area contributed by atoms with Crippen LogP contribution in [-0.4, -0.2) is 37.3 Å². The van der Waals surface area contributed by atoms with Gasteiger partial charge in [-0.05, 0) is 18.9 Å². The molecule has 1 saturated heterocycles. The van der Waals surface area contributed by atoms with E-state index in [1.165, 1.54) is 13.3 Å². The highest BCUT2D eigenvalue weighted by Crippen LogP contribution is 2.22. The third kappa shape index (κ3) is 2.70. The van der Waals surface area contributed by atoms with Crippen molar-refractivity contribution >= 4 is 17.5 Å². The van der Waals surface area contributed by atoms with Gasteiger partial charge in [0, 0.05) is 12.8 Å². The molecule has 0 aliphatic carbocycles. The summed E-state index contributed by atoms with van der Waals surface area (Å²) in [6, 6.07) is 1.73. The molecule has 1 atom stereocenters. The third-order valence-corrected chi connectivity index (χ3v) is 2.90. The van der Waals surface area contributed by atoms with E-state index >= 15 is 0 Å². The quantitative estimate of drug-likeness (QED) is 0.781. The van der Waals surface area contributed by atoms with Gasteiger partial charge < -0.3 is 20.5 Å². The topological polar surface area (TPSA) is 86.5 Å². The van der Waals surface area contributed by atoms with Gasteiger partial charge in [0.05, 0.1) is 31.0 Å². The van der Waals surface area contributed by atoms with Crippen LogP contribution in [0.15, 0.2) is 12.3 Å². The van der Waals surface area contributed by atoms with Crippen molar-refractivity contribution in [1.82, 2.24) is 4.98 Å². The SMILES string of the molecule is COC(=O)c1ccnc(NC2CCCOC2)c1N. The summed E-state index contributed by atoms with van der Waals surface area (Å²) < 4.78 is 10.0. The number of nitrogens with two attached hydrogens (primary N) is 1. The number of hydrogen-bond acceptors (Lipinski definition) is 6. The fourth-order valence-corrected chi connectivity index (χ4v) is 1.92. The number of carbonyl (C=O) groups excluding carboxylic acids is 1. The van der Waals surface area contributed by atoms with Crippen molar-refractivity contribution in [3.63, 3.8) is 0 Å². The Morgan fingerprint density at radius 1 is 1.67 bits per heavy atom. The molecule has 1 aliphatic heterocycles. The number of hydrogen-bond donors (Lipinski definition) is 2. The average Bonchev–Trinajstić information content (AvgIpc) is 2.41. The average molecular weight is 251 g/mol. The highest BCUT2D eigenvalue weighted by atomic mass is 16.5. The molecule has 0 aromatic carbocycles. The van der Waals surface area contributed by atoms with E-state index in [1.54, 1.807) is 6.07 Å². The molecule has 2 heterocycles. The Hall–Kier alpha value is -1.82. The summed E-state index contributed by atoms with van der Waals surface area (Å²) in [6.45, 7) is 1.42. The molecule has 2 rings (SSSR count). The Balaban J connectivity index is 2.15. The van der Waals surface area contributed by atoms with Gasteiger partial charge >= 0.3 is 5.97 Å². The number of aromatic nitrogens is 1. The predicted octanol–water partition coefficient (Wildman–Crippen LogP) is 1.04. The highest BCUT2D eigenvalue weighted by molar-refractivity contribution is 5.97. The van der Waals surface area contributed by atoms with Gasteiger partial charge in [-0.1, -0.05) is 0 Å². The van der Waals surface area contributed by atoms with Crippen molar-refractivity contribution in [2.24, 2.45) is 0 Å². The Kier molecular flexibility index (Phi) is 3.99. The van der Waals surface area contributed by atoms with Crippen LogP contribution in [0.4, 0.5) is 11.5 Å². The number of pyridine rings is 1. The van der Waals surface area contributed by atoms with Crippen LogP contribution in [0.25, 0.3) is 0 Å². The summed E-state index contributed by atoms with van der Waals surface area (Å²) in [6.07, 6.45) is 3.55. The van der Waals surface area contributed by atoms with E-state index < -0.39 is 5.97 Å². The number of rotatable bonds is 3. The Morgan fingerprint density at radius 2 is 2.50 bits per heavy atom. The van der Waals surface area contributed by atoms with Gasteiger partial charge in [0.2, 0.25) is 0 Å². The zero-order chi connectivity index (χ0) is 13.0. The predicted molar refractivity (Wildman–Crippen MR) is 67.5 cm³/mol. The summed E-state index contributed by atoms with van der Waals surface area (Å²) in [5.41, 5.74) is 6.55. The Morgan fingerprint density at radius 3 is 3.17 bits per heavy atom. The zero-order valence-electron chi connectivity index (χ0n) is 10.3. The van der Waals surface area contributed by atoms with E-state index in [9.17, 15) is 4.79 Å². The summed E-state index contributed by atoms with van der Waals surface area (Å²) in [4.78, 5) is 15.6. The van der Waals surface area contributed by atoms with Crippen molar-refractivity contribution in [3.8, 4) is 0 Å². The number of carbonyl (C=O) groups is 1. The van der Waals surface area contributed by atoms with Crippen molar-refractivity contribution in [2.75, 3.05) is 31.4 Å². The lowest BCUT2D eigenvalue weighted by molar-refractivity contribution is 0.0602. The van der Waals surface area contributed by atoms with E-state index in [-0.39, 0.29) is 6.04 Å². The smallest absolute Gasteiger partial charge is 0.340 e. The molecule has 1 aromatic rings. The van der Waals surface area contributed by atoms with Crippen LogP contribution in [0.3, 0.4) is 0 Å². The molecule has 1 fully saturated rings. The summed E-state index contributed by atoms with van der Waals surface area (Å²) >= 11 is 0. The van der Waals surface area contributed by atoms with Gasteiger partial charge in [-0.3, -0.25) is 0 Å². The zero-order valence-corrected chi connectivity index (χ0v) is 10.3. The molecule has 98 valence electrons. The first-order valence-electron chi connectivity index (χ1n) is 5.89. The van der Waals surface area contributed by atoms with E-state index in [0.29, 0.717) is 23.7 Å². The largest absolute Gasteiger partial charge is 0.465 e.